The number of rotatable bonds is 5. The van der Waals surface area contributed by atoms with Crippen LogP contribution in [-0.2, 0) is 0 Å². The topological polar surface area (TPSA) is 46.5 Å². The van der Waals surface area contributed by atoms with Gasteiger partial charge in [-0.15, -0.1) is 0 Å². The van der Waals surface area contributed by atoms with Gasteiger partial charge in [0.15, 0.2) is 5.78 Å². The maximum atomic E-state index is 12.8. The number of aliphatic hydroxyl groups is 1. The Morgan fingerprint density at radius 3 is 2.50 bits per heavy atom. The first-order chi connectivity index (χ1) is 9.58. The van der Waals surface area contributed by atoms with Crippen LogP contribution in [0.15, 0.2) is 48.5 Å². The third kappa shape index (κ3) is 3.42. The number of halogens is 1. The average Bonchev–Trinajstić information content (AvgIpc) is 2.45. The van der Waals surface area contributed by atoms with Crippen LogP contribution in [0.5, 0.6) is 5.75 Å². The lowest BCUT2D eigenvalue weighted by atomic mass is 10.1. The van der Waals surface area contributed by atoms with Crippen LogP contribution in [0, 0.1) is 5.82 Å². The summed E-state index contributed by atoms with van der Waals surface area (Å²) in [5.74, 6) is -0.0261. The zero-order valence-electron chi connectivity index (χ0n) is 11.0. The Morgan fingerprint density at radius 1 is 1.20 bits per heavy atom. The Morgan fingerprint density at radius 2 is 1.85 bits per heavy atom. The number of Topliss-reactive ketones (excluding diaryl/α,β-unsaturated/α-hetero) is 1. The van der Waals surface area contributed by atoms with Crippen molar-refractivity contribution in [3.8, 4) is 5.75 Å². The number of carbonyl (C=O) groups excluding carboxylic acids is 1. The first-order valence-electron chi connectivity index (χ1n) is 6.24. The second kappa shape index (κ2) is 6.30. The van der Waals surface area contributed by atoms with E-state index in [0.29, 0.717) is 16.9 Å². The van der Waals surface area contributed by atoms with Crippen LogP contribution in [0.4, 0.5) is 4.39 Å². The number of aliphatic hydroxyl groups excluding tert-OH is 1. The zero-order valence-corrected chi connectivity index (χ0v) is 11.0. The third-order valence-corrected chi connectivity index (χ3v) is 2.92. The SMILES string of the molecule is CC(=O)c1ccccc1OCC(O)c1ccc(F)cc1. The zero-order chi connectivity index (χ0) is 14.5. The maximum absolute atomic E-state index is 12.8. The summed E-state index contributed by atoms with van der Waals surface area (Å²) in [5.41, 5.74) is 1.03. The van der Waals surface area contributed by atoms with E-state index >= 15 is 0 Å². The minimum Gasteiger partial charge on any atom is -0.490 e. The Hall–Kier alpha value is -2.20. The second-order valence-electron chi connectivity index (χ2n) is 4.43. The largest absolute Gasteiger partial charge is 0.490 e. The summed E-state index contributed by atoms with van der Waals surface area (Å²) in [4.78, 5) is 11.4. The summed E-state index contributed by atoms with van der Waals surface area (Å²) in [6, 6.07) is 12.4. The van der Waals surface area contributed by atoms with Crippen molar-refractivity contribution in [2.24, 2.45) is 0 Å². The van der Waals surface area contributed by atoms with E-state index in [1.165, 1.54) is 31.2 Å². The molecule has 0 heterocycles. The van der Waals surface area contributed by atoms with Gasteiger partial charge in [0.1, 0.15) is 24.3 Å². The molecule has 0 saturated heterocycles. The van der Waals surface area contributed by atoms with Crippen LogP contribution in [0.2, 0.25) is 0 Å². The Labute approximate surface area is 116 Å². The van der Waals surface area contributed by atoms with Gasteiger partial charge in [-0.3, -0.25) is 4.79 Å². The minimum atomic E-state index is -0.879. The van der Waals surface area contributed by atoms with E-state index in [1.54, 1.807) is 24.3 Å². The van der Waals surface area contributed by atoms with Crippen molar-refractivity contribution in [1.29, 1.82) is 0 Å². The molecule has 2 rings (SSSR count). The molecule has 2 aromatic rings. The summed E-state index contributed by atoms with van der Waals surface area (Å²) in [7, 11) is 0. The fraction of sp³-hybridized carbons (Fsp3) is 0.188. The molecule has 3 nitrogen and oxygen atoms in total. The fourth-order valence-electron chi connectivity index (χ4n) is 1.83. The summed E-state index contributed by atoms with van der Waals surface area (Å²) in [6.07, 6.45) is -0.879. The molecule has 0 saturated carbocycles. The quantitative estimate of drug-likeness (QED) is 0.852. The van der Waals surface area contributed by atoms with Crippen molar-refractivity contribution in [2.45, 2.75) is 13.0 Å². The van der Waals surface area contributed by atoms with Crippen LogP contribution in [0.3, 0.4) is 0 Å². The lowest BCUT2D eigenvalue weighted by Crippen LogP contribution is -2.11. The van der Waals surface area contributed by atoms with E-state index in [-0.39, 0.29) is 18.2 Å². The van der Waals surface area contributed by atoms with Crippen LogP contribution >= 0.6 is 0 Å². The van der Waals surface area contributed by atoms with E-state index in [9.17, 15) is 14.3 Å². The normalized spacial score (nSPS) is 11.9. The molecule has 0 fully saturated rings. The number of para-hydroxylation sites is 1. The van der Waals surface area contributed by atoms with Crippen LogP contribution in [0.1, 0.15) is 28.9 Å². The highest BCUT2D eigenvalue weighted by Gasteiger charge is 2.12. The average molecular weight is 274 g/mol. The van der Waals surface area contributed by atoms with Crippen molar-refractivity contribution in [3.63, 3.8) is 0 Å². The van der Waals surface area contributed by atoms with Crippen molar-refractivity contribution >= 4 is 5.78 Å². The number of carbonyl (C=O) groups is 1. The number of hydrogen-bond donors (Lipinski definition) is 1. The van der Waals surface area contributed by atoms with E-state index in [2.05, 4.69) is 0 Å². The van der Waals surface area contributed by atoms with Gasteiger partial charge in [-0.25, -0.2) is 4.39 Å². The monoisotopic (exact) mass is 274 g/mol. The van der Waals surface area contributed by atoms with E-state index in [0.717, 1.165) is 0 Å². The van der Waals surface area contributed by atoms with E-state index < -0.39 is 6.10 Å². The van der Waals surface area contributed by atoms with Gasteiger partial charge in [-0.2, -0.15) is 0 Å². The molecule has 0 bridgehead atoms. The van der Waals surface area contributed by atoms with Gasteiger partial charge in [-0.1, -0.05) is 24.3 Å². The van der Waals surface area contributed by atoms with Gasteiger partial charge >= 0.3 is 0 Å². The van der Waals surface area contributed by atoms with Gasteiger partial charge < -0.3 is 9.84 Å². The Kier molecular flexibility index (Phi) is 4.48. The molecule has 0 radical (unpaired) electrons. The summed E-state index contributed by atoms with van der Waals surface area (Å²) in [5, 5.41) is 9.97. The summed E-state index contributed by atoms with van der Waals surface area (Å²) >= 11 is 0. The van der Waals surface area contributed by atoms with Crippen LogP contribution in [0.25, 0.3) is 0 Å². The van der Waals surface area contributed by atoms with Gasteiger partial charge in [0.05, 0.1) is 5.56 Å². The minimum absolute atomic E-state index is 0.00404. The Balaban J connectivity index is 2.05. The molecule has 20 heavy (non-hydrogen) atoms. The number of ether oxygens (including phenoxy) is 1. The van der Waals surface area contributed by atoms with E-state index in [4.69, 9.17) is 4.74 Å². The molecule has 0 amide bonds. The lowest BCUT2D eigenvalue weighted by molar-refractivity contribution is 0.0977. The van der Waals surface area contributed by atoms with E-state index in [1.807, 2.05) is 0 Å². The molecule has 0 aromatic heterocycles. The first-order valence-corrected chi connectivity index (χ1v) is 6.24. The van der Waals surface area contributed by atoms with Gasteiger partial charge in [0, 0.05) is 0 Å². The van der Waals surface area contributed by atoms with Crippen LogP contribution < -0.4 is 4.74 Å². The predicted molar refractivity (Wildman–Crippen MR) is 73.3 cm³/mol. The highest BCUT2D eigenvalue weighted by molar-refractivity contribution is 5.96. The maximum Gasteiger partial charge on any atom is 0.163 e. The van der Waals surface area contributed by atoms with Crippen molar-refractivity contribution in [3.05, 3.63) is 65.5 Å². The Bertz CT molecular complexity index is 593. The molecule has 4 heteroatoms. The molecule has 0 aliphatic rings. The molecular formula is C16H15FO3. The molecule has 1 atom stereocenters. The number of ketones is 1. The lowest BCUT2D eigenvalue weighted by Gasteiger charge is -2.14. The summed E-state index contributed by atoms with van der Waals surface area (Å²) in [6.45, 7) is 1.45. The standard InChI is InChI=1S/C16H15FO3/c1-11(18)14-4-2-3-5-16(14)20-10-15(19)12-6-8-13(17)9-7-12/h2-9,15,19H,10H2,1H3. The molecular weight excluding hydrogens is 259 g/mol. The molecule has 0 spiro atoms. The summed E-state index contributed by atoms with van der Waals surface area (Å²) < 4.78 is 18.3. The van der Waals surface area contributed by atoms with Crippen molar-refractivity contribution < 1.29 is 19.0 Å². The third-order valence-electron chi connectivity index (χ3n) is 2.92. The number of benzene rings is 2. The predicted octanol–water partition coefficient (Wildman–Crippen LogP) is 3.14. The first kappa shape index (κ1) is 14.2. The molecule has 2 aromatic carbocycles. The van der Waals surface area contributed by atoms with Crippen molar-refractivity contribution in [1.82, 2.24) is 0 Å². The second-order valence-corrected chi connectivity index (χ2v) is 4.43. The highest BCUT2D eigenvalue weighted by Crippen LogP contribution is 2.21. The van der Waals surface area contributed by atoms with Gasteiger partial charge in [0.2, 0.25) is 0 Å². The van der Waals surface area contributed by atoms with Gasteiger partial charge in [0.25, 0.3) is 0 Å². The molecule has 0 aliphatic heterocycles. The number of hydrogen-bond acceptors (Lipinski definition) is 3. The fourth-order valence-corrected chi connectivity index (χ4v) is 1.83. The molecule has 0 aliphatic carbocycles. The molecule has 1 N–H and O–H groups in total. The smallest absolute Gasteiger partial charge is 0.163 e. The molecule has 1 unspecified atom stereocenters. The molecule has 104 valence electrons. The highest BCUT2D eigenvalue weighted by atomic mass is 19.1. The van der Waals surface area contributed by atoms with Crippen molar-refractivity contribution in [2.75, 3.05) is 6.61 Å². The van der Waals surface area contributed by atoms with Gasteiger partial charge in [-0.05, 0) is 36.8 Å². The van der Waals surface area contributed by atoms with Crippen LogP contribution in [-0.4, -0.2) is 17.5 Å².